The Morgan fingerprint density at radius 1 is 1.35 bits per heavy atom. The molecule has 0 fully saturated rings. The van der Waals surface area contributed by atoms with Gasteiger partial charge in [0.25, 0.3) is 0 Å². The molecule has 0 aliphatic heterocycles. The van der Waals surface area contributed by atoms with Crippen LogP contribution in [0.3, 0.4) is 0 Å². The van der Waals surface area contributed by atoms with Crippen molar-refractivity contribution in [2.24, 2.45) is 5.73 Å². The molecule has 112 valence electrons. The van der Waals surface area contributed by atoms with Gasteiger partial charge in [-0.05, 0) is 45.0 Å². The number of hydrogen-bond acceptors (Lipinski definition) is 4. The van der Waals surface area contributed by atoms with Crippen LogP contribution in [-0.2, 0) is 4.79 Å². The summed E-state index contributed by atoms with van der Waals surface area (Å²) in [6.07, 6.45) is 0.278. The number of nitrogens with one attached hydrogen (secondary N) is 1. The molecule has 1 aromatic carbocycles. The first kappa shape index (κ1) is 16.5. The zero-order valence-corrected chi connectivity index (χ0v) is 12.5. The number of aliphatic hydroxyl groups excluding tert-OH is 1. The molecule has 0 saturated carbocycles. The van der Waals surface area contributed by atoms with E-state index in [0.717, 1.165) is 17.9 Å². The van der Waals surface area contributed by atoms with Gasteiger partial charge in [-0.2, -0.15) is 0 Å². The smallest absolute Gasteiger partial charge is 0.226 e. The normalized spacial score (nSPS) is 11.2. The monoisotopic (exact) mass is 279 g/mol. The Hall–Kier alpha value is -1.59. The quantitative estimate of drug-likeness (QED) is 0.708. The third-order valence-corrected chi connectivity index (χ3v) is 2.88. The van der Waals surface area contributed by atoms with E-state index in [-0.39, 0.29) is 18.9 Å². The first-order valence-electron chi connectivity index (χ1n) is 6.90. The molecule has 0 aliphatic rings. The molecule has 0 aromatic heterocycles. The molecular formula is C15H25N3O2. The number of nitrogens with two attached hydrogens (primary N) is 1. The highest BCUT2D eigenvalue weighted by Crippen LogP contribution is 2.18. The summed E-state index contributed by atoms with van der Waals surface area (Å²) in [4.78, 5) is 13.8. The summed E-state index contributed by atoms with van der Waals surface area (Å²) in [7, 11) is 0. The van der Waals surface area contributed by atoms with Gasteiger partial charge < -0.3 is 21.1 Å². The van der Waals surface area contributed by atoms with Crippen molar-refractivity contribution in [1.82, 2.24) is 0 Å². The van der Waals surface area contributed by atoms with Crippen LogP contribution >= 0.6 is 0 Å². The second kappa shape index (κ2) is 7.26. The van der Waals surface area contributed by atoms with Crippen LogP contribution in [0.15, 0.2) is 24.3 Å². The molecule has 0 atom stereocenters. The minimum atomic E-state index is -0.510. The number of aliphatic hydroxyl groups is 1. The Balaban J connectivity index is 2.64. The molecule has 1 amide bonds. The van der Waals surface area contributed by atoms with Crippen LogP contribution in [0, 0.1) is 0 Å². The van der Waals surface area contributed by atoms with Crippen molar-refractivity contribution in [2.75, 3.05) is 29.9 Å². The lowest BCUT2D eigenvalue weighted by Crippen LogP contribution is -2.36. The van der Waals surface area contributed by atoms with E-state index in [1.165, 1.54) is 0 Å². The van der Waals surface area contributed by atoms with Crippen molar-refractivity contribution in [2.45, 2.75) is 32.7 Å². The summed E-state index contributed by atoms with van der Waals surface area (Å²) in [5.41, 5.74) is 7.08. The predicted molar refractivity (Wildman–Crippen MR) is 82.9 cm³/mol. The molecule has 1 rings (SSSR count). The fraction of sp³-hybridized carbons (Fsp3) is 0.533. The molecule has 0 heterocycles. The van der Waals surface area contributed by atoms with Crippen LogP contribution in [0.25, 0.3) is 0 Å². The maximum atomic E-state index is 11.8. The van der Waals surface area contributed by atoms with Crippen molar-refractivity contribution in [1.29, 1.82) is 0 Å². The van der Waals surface area contributed by atoms with Crippen molar-refractivity contribution >= 4 is 17.3 Å². The van der Waals surface area contributed by atoms with Gasteiger partial charge in [-0.1, -0.05) is 0 Å². The van der Waals surface area contributed by atoms with E-state index in [1.807, 2.05) is 45.0 Å². The third-order valence-electron chi connectivity index (χ3n) is 2.88. The minimum Gasteiger partial charge on any atom is -0.395 e. The second-order valence-corrected chi connectivity index (χ2v) is 5.56. The van der Waals surface area contributed by atoms with E-state index < -0.39 is 5.54 Å². The van der Waals surface area contributed by atoms with Gasteiger partial charge in [-0.3, -0.25) is 4.79 Å². The summed E-state index contributed by atoms with van der Waals surface area (Å²) in [6.45, 7) is 7.23. The molecule has 0 radical (unpaired) electrons. The highest BCUT2D eigenvalue weighted by Gasteiger charge is 2.16. The zero-order valence-electron chi connectivity index (χ0n) is 12.5. The summed E-state index contributed by atoms with van der Waals surface area (Å²) >= 11 is 0. The lowest BCUT2D eigenvalue weighted by Gasteiger charge is -2.22. The maximum Gasteiger partial charge on any atom is 0.226 e. The van der Waals surface area contributed by atoms with Gasteiger partial charge in [-0.25, -0.2) is 0 Å². The van der Waals surface area contributed by atoms with Crippen LogP contribution in [0.1, 0.15) is 27.2 Å². The Morgan fingerprint density at radius 2 is 1.95 bits per heavy atom. The van der Waals surface area contributed by atoms with Gasteiger partial charge in [-0.15, -0.1) is 0 Å². The number of nitrogens with zero attached hydrogens (tertiary/aromatic N) is 1. The zero-order chi connectivity index (χ0) is 15.2. The van der Waals surface area contributed by atoms with Crippen LogP contribution in [-0.4, -0.2) is 36.2 Å². The Kier molecular flexibility index (Phi) is 5.98. The van der Waals surface area contributed by atoms with E-state index in [1.54, 1.807) is 0 Å². The van der Waals surface area contributed by atoms with Gasteiger partial charge in [0.2, 0.25) is 5.91 Å². The molecule has 5 nitrogen and oxygen atoms in total. The van der Waals surface area contributed by atoms with Crippen LogP contribution in [0.5, 0.6) is 0 Å². The Morgan fingerprint density at radius 3 is 2.40 bits per heavy atom. The lowest BCUT2D eigenvalue weighted by molar-refractivity contribution is -0.117. The van der Waals surface area contributed by atoms with E-state index in [4.69, 9.17) is 10.8 Å². The van der Waals surface area contributed by atoms with E-state index in [9.17, 15) is 4.79 Å². The van der Waals surface area contributed by atoms with Crippen LogP contribution in [0.4, 0.5) is 11.4 Å². The molecular weight excluding hydrogens is 254 g/mol. The number of amides is 1. The minimum absolute atomic E-state index is 0.0899. The first-order valence-corrected chi connectivity index (χ1v) is 6.90. The standard InChI is InChI=1S/C15H25N3O2/c1-4-18(9-10-19)13-7-5-12(6-8-13)17-14(20)11-15(2,3)16/h5-8,19H,4,9-11,16H2,1-3H3,(H,17,20). The van der Waals surface area contributed by atoms with E-state index in [2.05, 4.69) is 10.2 Å². The van der Waals surface area contributed by atoms with Crippen LogP contribution < -0.4 is 16.0 Å². The van der Waals surface area contributed by atoms with Gasteiger partial charge in [0.15, 0.2) is 0 Å². The molecule has 0 unspecified atom stereocenters. The topological polar surface area (TPSA) is 78.6 Å². The number of rotatable bonds is 7. The van der Waals surface area contributed by atoms with Gasteiger partial charge in [0.05, 0.1) is 6.61 Å². The summed E-state index contributed by atoms with van der Waals surface area (Å²) in [5, 5.41) is 11.8. The molecule has 0 bridgehead atoms. The predicted octanol–water partition coefficient (Wildman–Crippen LogP) is 1.57. The average molecular weight is 279 g/mol. The number of hydrogen-bond donors (Lipinski definition) is 3. The Bertz CT molecular complexity index is 424. The number of anilines is 2. The van der Waals surface area contributed by atoms with Crippen molar-refractivity contribution in [3.63, 3.8) is 0 Å². The highest BCUT2D eigenvalue weighted by atomic mass is 16.3. The molecule has 1 aromatic rings. The lowest BCUT2D eigenvalue weighted by atomic mass is 10.0. The molecule has 4 N–H and O–H groups in total. The van der Waals surface area contributed by atoms with Crippen molar-refractivity contribution in [3.8, 4) is 0 Å². The van der Waals surface area contributed by atoms with Gasteiger partial charge in [0.1, 0.15) is 0 Å². The molecule has 5 heteroatoms. The number of carbonyl (C=O) groups excluding carboxylic acids is 1. The molecule has 0 saturated heterocycles. The summed E-state index contributed by atoms with van der Waals surface area (Å²) in [5.74, 6) is -0.0899. The molecule has 0 aliphatic carbocycles. The van der Waals surface area contributed by atoms with Gasteiger partial charge >= 0.3 is 0 Å². The van der Waals surface area contributed by atoms with Crippen LogP contribution in [0.2, 0.25) is 0 Å². The largest absolute Gasteiger partial charge is 0.395 e. The van der Waals surface area contributed by atoms with E-state index >= 15 is 0 Å². The first-order chi connectivity index (χ1) is 9.35. The fourth-order valence-corrected chi connectivity index (χ4v) is 1.97. The maximum absolute atomic E-state index is 11.8. The summed E-state index contributed by atoms with van der Waals surface area (Å²) < 4.78 is 0. The molecule has 20 heavy (non-hydrogen) atoms. The number of likely N-dealkylation sites (N-methyl/N-ethyl adjacent to an activating group) is 1. The average Bonchev–Trinajstić information content (AvgIpc) is 2.34. The van der Waals surface area contributed by atoms with Crippen molar-refractivity contribution < 1.29 is 9.90 Å². The molecule has 0 spiro atoms. The highest BCUT2D eigenvalue weighted by molar-refractivity contribution is 5.91. The fourth-order valence-electron chi connectivity index (χ4n) is 1.97. The SMILES string of the molecule is CCN(CCO)c1ccc(NC(=O)CC(C)(C)N)cc1. The second-order valence-electron chi connectivity index (χ2n) is 5.56. The van der Waals surface area contributed by atoms with E-state index in [0.29, 0.717) is 6.54 Å². The number of benzene rings is 1. The van der Waals surface area contributed by atoms with Gasteiger partial charge in [0, 0.05) is 36.4 Å². The van der Waals surface area contributed by atoms with Crippen molar-refractivity contribution in [3.05, 3.63) is 24.3 Å². The Labute approximate surface area is 120 Å². The number of carbonyl (C=O) groups is 1. The summed E-state index contributed by atoms with van der Waals surface area (Å²) in [6, 6.07) is 7.58. The third kappa shape index (κ3) is 5.59.